The molecule has 0 aliphatic heterocycles. The smallest absolute Gasteiger partial charge is 0.119 e. The minimum atomic E-state index is -0.501. The molecule has 1 aromatic rings. The Kier molecular flexibility index (Phi) is 8.30. The largest absolute Gasteiger partial charge is 1.00 e. The summed E-state index contributed by atoms with van der Waals surface area (Å²) >= 11 is 0. The van der Waals surface area contributed by atoms with E-state index in [4.69, 9.17) is 4.74 Å². The van der Waals surface area contributed by atoms with Gasteiger partial charge in [-0.2, -0.15) is 0 Å². The first-order valence-electron chi connectivity index (χ1n) is 7.35. The van der Waals surface area contributed by atoms with Crippen molar-refractivity contribution in [3.05, 3.63) is 29.3 Å². The predicted molar refractivity (Wildman–Crippen MR) is 84.5 cm³/mol. The van der Waals surface area contributed by atoms with Gasteiger partial charge in [0.2, 0.25) is 0 Å². The second kappa shape index (κ2) is 8.62. The number of aliphatic hydroxyl groups is 1. The molecule has 0 fully saturated rings. The molecule has 4 heteroatoms. The van der Waals surface area contributed by atoms with E-state index >= 15 is 0 Å². The first kappa shape index (κ1) is 20.2. The van der Waals surface area contributed by atoms with Crippen molar-refractivity contribution in [3.63, 3.8) is 0 Å². The predicted octanol–water partition coefficient (Wildman–Crippen LogP) is 0.250. The van der Waals surface area contributed by atoms with Crippen LogP contribution in [0.2, 0.25) is 0 Å². The lowest BCUT2D eigenvalue weighted by atomic mass is 9.98. The summed E-state index contributed by atoms with van der Waals surface area (Å²) in [4.78, 5) is 0. The average Bonchev–Trinajstić information content (AvgIpc) is 2.32. The molecule has 1 aromatic carbocycles. The number of hydrogen-bond acceptors (Lipinski definition) is 3. The molecule has 0 saturated carbocycles. The Morgan fingerprint density at radius 3 is 2.33 bits per heavy atom. The van der Waals surface area contributed by atoms with Crippen LogP contribution in [0, 0.1) is 6.92 Å². The number of benzene rings is 1. The van der Waals surface area contributed by atoms with E-state index in [0.717, 1.165) is 5.75 Å². The molecular weight excluding hydrogens is 286 g/mol. The zero-order valence-electron chi connectivity index (χ0n) is 14.0. The van der Waals surface area contributed by atoms with E-state index < -0.39 is 6.10 Å². The fourth-order valence-corrected chi connectivity index (χ4v) is 2.06. The standard InChI is InChI=1S/C17H29NO2.ClH/c1-12(2)16-8-7-15(9-13(16)3)20-11-14(19)10-18-17(4,5)6;/h7-9,12,14,18-19H,10-11H2,1-6H3;1H/p-1. The molecule has 0 bridgehead atoms. The van der Waals surface area contributed by atoms with Gasteiger partial charge in [0, 0.05) is 12.1 Å². The van der Waals surface area contributed by atoms with Gasteiger partial charge in [-0.25, -0.2) is 0 Å². The van der Waals surface area contributed by atoms with Crippen LogP contribution in [-0.2, 0) is 0 Å². The molecule has 0 aliphatic rings. The highest BCUT2D eigenvalue weighted by atomic mass is 35.5. The highest BCUT2D eigenvalue weighted by molar-refractivity contribution is 5.36. The highest BCUT2D eigenvalue weighted by Crippen LogP contribution is 2.23. The fourth-order valence-electron chi connectivity index (χ4n) is 2.06. The molecule has 1 unspecified atom stereocenters. The normalized spacial score (nSPS) is 13.0. The molecule has 1 atom stereocenters. The fraction of sp³-hybridized carbons (Fsp3) is 0.647. The van der Waals surface area contributed by atoms with Crippen LogP contribution in [0.3, 0.4) is 0 Å². The maximum atomic E-state index is 9.90. The third-order valence-electron chi connectivity index (χ3n) is 3.17. The third-order valence-corrected chi connectivity index (χ3v) is 3.17. The van der Waals surface area contributed by atoms with Gasteiger partial charge in [0.05, 0.1) is 0 Å². The molecule has 0 heterocycles. The summed E-state index contributed by atoms with van der Waals surface area (Å²) in [7, 11) is 0. The molecule has 0 amide bonds. The summed E-state index contributed by atoms with van der Waals surface area (Å²) in [5.41, 5.74) is 2.59. The quantitative estimate of drug-likeness (QED) is 0.791. The molecule has 3 nitrogen and oxygen atoms in total. The maximum Gasteiger partial charge on any atom is 0.119 e. The topological polar surface area (TPSA) is 41.5 Å². The second-order valence-electron chi connectivity index (χ2n) is 6.77. The number of aryl methyl sites for hydroxylation is 1. The van der Waals surface area contributed by atoms with Crippen LogP contribution in [0.15, 0.2) is 18.2 Å². The van der Waals surface area contributed by atoms with Gasteiger partial charge in [0.1, 0.15) is 18.5 Å². The average molecular weight is 315 g/mol. The Labute approximate surface area is 135 Å². The van der Waals surface area contributed by atoms with Crippen LogP contribution in [0.25, 0.3) is 0 Å². The number of nitrogens with one attached hydrogen (secondary N) is 1. The van der Waals surface area contributed by atoms with Crippen molar-refractivity contribution >= 4 is 0 Å². The Bertz CT molecular complexity index is 427. The van der Waals surface area contributed by atoms with Crippen molar-refractivity contribution < 1.29 is 22.3 Å². The van der Waals surface area contributed by atoms with Crippen molar-refractivity contribution in [2.24, 2.45) is 0 Å². The van der Waals surface area contributed by atoms with Crippen LogP contribution < -0.4 is 22.5 Å². The van der Waals surface area contributed by atoms with Crippen LogP contribution in [-0.4, -0.2) is 29.9 Å². The van der Waals surface area contributed by atoms with E-state index in [2.05, 4.69) is 52.9 Å². The van der Waals surface area contributed by atoms with Crippen LogP contribution in [0.5, 0.6) is 5.75 Å². The molecule has 1 rings (SSSR count). The van der Waals surface area contributed by atoms with E-state index in [9.17, 15) is 5.11 Å². The van der Waals surface area contributed by atoms with E-state index in [1.807, 2.05) is 12.1 Å². The SMILES string of the molecule is Cc1cc(OCC(O)CNC(C)(C)C)ccc1C(C)C.[Cl-]. The number of halogens is 1. The van der Waals surface area contributed by atoms with Gasteiger partial charge < -0.3 is 27.6 Å². The molecule has 2 N–H and O–H groups in total. The Balaban J connectivity index is 0.00000400. The van der Waals surface area contributed by atoms with Gasteiger partial charge in [0.15, 0.2) is 0 Å². The molecule has 122 valence electrons. The van der Waals surface area contributed by atoms with Crippen molar-refractivity contribution in [2.45, 2.75) is 59.1 Å². The molecule has 0 radical (unpaired) electrons. The summed E-state index contributed by atoms with van der Waals surface area (Å²) in [5.74, 6) is 1.34. The first-order valence-corrected chi connectivity index (χ1v) is 7.35. The zero-order chi connectivity index (χ0) is 15.3. The first-order chi connectivity index (χ1) is 9.19. The Morgan fingerprint density at radius 2 is 1.86 bits per heavy atom. The van der Waals surface area contributed by atoms with Gasteiger partial charge in [0.25, 0.3) is 0 Å². The summed E-state index contributed by atoms with van der Waals surface area (Å²) < 4.78 is 5.66. The monoisotopic (exact) mass is 314 g/mol. The van der Waals surface area contributed by atoms with E-state index in [1.54, 1.807) is 0 Å². The van der Waals surface area contributed by atoms with Crippen molar-refractivity contribution in [1.29, 1.82) is 0 Å². The van der Waals surface area contributed by atoms with Gasteiger partial charge in [-0.15, -0.1) is 0 Å². The number of rotatable bonds is 6. The van der Waals surface area contributed by atoms with Gasteiger partial charge in [-0.1, -0.05) is 19.9 Å². The van der Waals surface area contributed by atoms with Gasteiger partial charge in [-0.05, 0) is 56.9 Å². The van der Waals surface area contributed by atoms with Crippen LogP contribution in [0.4, 0.5) is 0 Å². The molecule has 0 aliphatic carbocycles. The van der Waals surface area contributed by atoms with Crippen LogP contribution in [0.1, 0.15) is 51.7 Å². The molecule has 0 spiro atoms. The molecule has 0 saturated heterocycles. The van der Waals surface area contributed by atoms with Crippen molar-refractivity contribution in [1.82, 2.24) is 5.32 Å². The maximum absolute atomic E-state index is 9.90. The van der Waals surface area contributed by atoms with Crippen molar-refractivity contribution in [3.8, 4) is 5.75 Å². The summed E-state index contributed by atoms with van der Waals surface area (Å²) in [6, 6.07) is 6.13. The lowest BCUT2D eigenvalue weighted by Gasteiger charge is -2.23. The van der Waals surface area contributed by atoms with Gasteiger partial charge in [-0.3, -0.25) is 0 Å². The number of β-amino-alcohol motifs (C(OH)–C–C–N with tert-alkyl or cyclic N) is 1. The summed E-state index contributed by atoms with van der Waals surface area (Å²) in [6.07, 6.45) is -0.501. The number of hydrogen-bond donors (Lipinski definition) is 2. The lowest BCUT2D eigenvalue weighted by molar-refractivity contribution is -0.00000666. The molecule has 0 aromatic heterocycles. The van der Waals surface area contributed by atoms with Gasteiger partial charge >= 0.3 is 0 Å². The molecular formula is C17H29ClNO2-. The zero-order valence-corrected chi connectivity index (χ0v) is 14.8. The highest BCUT2D eigenvalue weighted by Gasteiger charge is 2.13. The van der Waals surface area contributed by atoms with E-state index in [1.165, 1.54) is 11.1 Å². The van der Waals surface area contributed by atoms with Crippen LogP contribution >= 0.6 is 0 Å². The molecule has 21 heavy (non-hydrogen) atoms. The second-order valence-corrected chi connectivity index (χ2v) is 6.77. The minimum absolute atomic E-state index is 0. The van der Waals surface area contributed by atoms with E-state index in [-0.39, 0.29) is 17.9 Å². The Hall–Kier alpha value is -0.770. The van der Waals surface area contributed by atoms with Crippen molar-refractivity contribution in [2.75, 3.05) is 13.2 Å². The number of ether oxygens (including phenoxy) is 1. The number of aliphatic hydroxyl groups excluding tert-OH is 1. The third kappa shape index (κ3) is 7.70. The Morgan fingerprint density at radius 1 is 1.24 bits per heavy atom. The van der Waals surface area contributed by atoms with E-state index in [0.29, 0.717) is 19.1 Å². The summed E-state index contributed by atoms with van der Waals surface area (Å²) in [5, 5.41) is 13.2. The minimum Gasteiger partial charge on any atom is -1.00 e. The lowest BCUT2D eigenvalue weighted by Crippen LogP contribution is -3.00. The summed E-state index contributed by atoms with van der Waals surface area (Å²) in [6.45, 7) is 13.5.